The normalized spacial score (nSPS) is 22.5. The fourth-order valence-corrected chi connectivity index (χ4v) is 2.80. The number of hydrogen-bond acceptors (Lipinski definition) is 5. The first kappa shape index (κ1) is 10.5. The molecule has 4 nitrogen and oxygen atoms in total. The van der Waals surface area contributed by atoms with Gasteiger partial charge in [-0.3, -0.25) is 4.79 Å². The summed E-state index contributed by atoms with van der Waals surface area (Å²) >= 11 is 5.97. The van der Waals surface area contributed by atoms with E-state index < -0.39 is 5.97 Å². The topological polar surface area (TPSA) is 55.4 Å². The minimum Gasteiger partial charge on any atom is -0.421 e. The molecule has 0 saturated carbocycles. The zero-order valence-electron chi connectivity index (χ0n) is 8.35. The summed E-state index contributed by atoms with van der Waals surface area (Å²) < 4.78 is 5.17. The highest BCUT2D eigenvalue weighted by Gasteiger charge is 2.34. The molecule has 84 valence electrons. The molecule has 1 fully saturated rings. The number of cyclic esters (lactones) is 1. The maximum absolute atomic E-state index is 11.6. The lowest BCUT2D eigenvalue weighted by molar-refractivity contribution is 0.0715. The van der Waals surface area contributed by atoms with Gasteiger partial charge >= 0.3 is 5.97 Å². The van der Waals surface area contributed by atoms with Gasteiger partial charge in [0.25, 0.3) is 5.24 Å². The minimum absolute atomic E-state index is 0.252. The van der Waals surface area contributed by atoms with Crippen LogP contribution in [0.4, 0.5) is 4.79 Å². The molecule has 0 aromatic heterocycles. The van der Waals surface area contributed by atoms with E-state index in [0.29, 0.717) is 26.8 Å². The fourth-order valence-electron chi connectivity index (χ4n) is 1.69. The van der Waals surface area contributed by atoms with E-state index in [1.165, 1.54) is 0 Å². The first-order valence-corrected chi connectivity index (χ1v) is 5.98. The van der Waals surface area contributed by atoms with Gasteiger partial charge < -0.3 is 10.1 Å². The average Bonchev–Trinajstić information content (AvgIpc) is 2.80. The van der Waals surface area contributed by atoms with Crippen LogP contribution in [-0.4, -0.2) is 16.2 Å². The first-order chi connectivity index (χ1) is 8.16. The van der Waals surface area contributed by atoms with Crippen LogP contribution in [0.3, 0.4) is 0 Å². The number of carbonyl (C=O) groups is 2. The van der Waals surface area contributed by atoms with Gasteiger partial charge in [0.2, 0.25) is 0 Å². The predicted molar refractivity (Wildman–Crippen MR) is 67.5 cm³/mol. The summed E-state index contributed by atoms with van der Waals surface area (Å²) in [7, 11) is 0. The van der Waals surface area contributed by atoms with Gasteiger partial charge in [-0.15, -0.1) is 0 Å². The third kappa shape index (κ3) is 1.57. The molecule has 1 amide bonds. The zero-order valence-corrected chi connectivity index (χ0v) is 9.98. The van der Waals surface area contributed by atoms with Crippen molar-refractivity contribution in [1.29, 1.82) is 0 Å². The molecule has 0 spiro atoms. The predicted octanol–water partition coefficient (Wildman–Crippen LogP) is 2.31. The number of nitrogens with one attached hydrogen (secondary N) is 1. The Hall–Kier alpha value is -1.66. The summed E-state index contributed by atoms with van der Waals surface area (Å²) in [5, 5.41) is 2.24. The van der Waals surface area contributed by atoms with Crippen LogP contribution in [0.2, 0.25) is 0 Å². The molecule has 1 aromatic rings. The fraction of sp³-hybridized carbons (Fsp3) is 0. The van der Waals surface area contributed by atoms with E-state index in [2.05, 4.69) is 5.32 Å². The van der Waals surface area contributed by atoms with E-state index in [4.69, 9.17) is 17.0 Å². The van der Waals surface area contributed by atoms with Crippen molar-refractivity contribution in [2.75, 3.05) is 0 Å². The minimum atomic E-state index is -0.411. The van der Waals surface area contributed by atoms with Gasteiger partial charge in [-0.25, -0.2) is 4.79 Å². The van der Waals surface area contributed by atoms with E-state index in [1.54, 1.807) is 24.3 Å². The largest absolute Gasteiger partial charge is 0.421 e. The molecule has 6 heteroatoms. The van der Waals surface area contributed by atoms with E-state index in [-0.39, 0.29) is 5.24 Å². The number of thioether (sulfide) groups is 1. The molecule has 3 rings (SSSR count). The Labute approximate surface area is 106 Å². The van der Waals surface area contributed by atoms with Crippen LogP contribution in [-0.2, 0) is 4.74 Å². The molecular weight excluding hydrogens is 258 g/mol. The highest BCUT2D eigenvalue weighted by molar-refractivity contribution is 8.19. The number of thiocarbonyl (C=S) groups is 1. The maximum atomic E-state index is 11.6. The summed E-state index contributed by atoms with van der Waals surface area (Å²) in [5.41, 5.74) is 1.18. The van der Waals surface area contributed by atoms with E-state index in [0.717, 1.165) is 11.8 Å². The Morgan fingerprint density at radius 1 is 1.18 bits per heavy atom. The highest BCUT2D eigenvalue weighted by atomic mass is 32.2. The summed E-state index contributed by atoms with van der Waals surface area (Å²) in [6.45, 7) is 0. The second kappa shape index (κ2) is 3.68. The molecule has 2 aliphatic rings. The third-order valence-corrected chi connectivity index (χ3v) is 3.73. The van der Waals surface area contributed by atoms with Crippen molar-refractivity contribution < 1.29 is 14.3 Å². The van der Waals surface area contributed by atoms with Gasteiger partial charge in [-0.1, -0.05) is 30.4 Å². The van der Waals surface area contributed by atoms with Crippen LogP contribution in [0.25, 0.3) is 5.76 Å². The van der Waals surface area contributed by atoms with Gasteiger partial charge in [0.05, 0.1) is 10.5 Å². The highest BCUT2D eigenvalue weighted by Crippen LogP contribution is 2.38. The molecule has 2 heterocycles. The lowest BCUT2D eigenvalue weighted by Crippen LogP contribution is -2.16. The van der Waals surface area contributed by atoms with Gasteiger partial charge in [0.1, 0.15) is 4.99 Å². The van der Waals surface area contributed by atoms with Crippen molar-refractivity contribution in [3.8, 4) is 0 Å². The smallest absolute Gasteiger partial charge is 0.344 e. The molecule has 17 heavy (non-hydrogen) atoms. The van der Waals surface area contributed by atoms with Crippen LogP contribution >= 0.6 is 24.0 Å². The summed E-state index contributed by atoms with van der Waals surface area (Å²) in [4.78, 5) is 23.6. The molecular formula is C11H5NO3S2. The lowest BCUT2D eigenvalue weighted by Gasteiger charge is -2.01. The Morgan fingerprint density at radius 2 is 1.88 bits per heavy atom. The van der Waals surface area contributed by atoms with E-state index in [9.17, 15) is 9.59 Å². The summed E-state index contributed by atoms with van der Waals surface area (Å²) in [6, 6.07) is 7.02. The van der Waals surface area contributed by atoms with E-state index in [1.807, 2.05) is 0 Å². The number of carbonyl (C=O) groups excluding carboxylic acids is 2. The van der Waals surface area contributed by atoms with E-state index >= 15 is 0 Å². The average molecular weight is 263 g/mol. The lowest BCUT2D eigenvalue weighted by atomic mass is 10.1. The van der Waals surface area contributed by atoms with Crippen molar-refractivity contribution in [2.45, 2.75) is 0 Å². The van der Waals surface area contributed by atoms with Gasteiger partial charge in [0, 0.05) is 5.56 Å². The number of benzene rings is 1. The number of amides is 1. The van der Waals surface area contributed by atoms with Crippen LogP contribution < -0.4 is 5.32 Å². The monoisotopic (exact) mass is 263 g/mol. The molecule has 0 bridgehead atoms. The van der Waals surface area contributed by atoms with Crippen molar-refractivity contribution >= 4 is 45.9 Å². The van der Waals surface area contributed by atoms with Crippen LogP contribution in [0.5, 0.6) is 0 Å². The Morgan fingerprint density at radius 3 is 2.53 bits per heavy atom. The molecule has 0 atom stereocenters. The maximum Gasteiger partial charge on any atom is 0.344 e. The van der Waals surface area contributed by atoms with Crippen molar-refractivity contribution in [3.05, 3.63) is 40.3 Å². The Kier molecular flexibility index (Phi) is 2.27. The molecule has 0 unspecified atom stereocenters. The zero-order chi connectivity index (χ0) is 12.0. The molecule has 1 saturated heterocycles. The molecule has 0 radical (unpaired) electrons. The second-order valence-electron chi connectivity index (χ2n) is 3.44. The summed E-state index contributed by atoms with van der Waals surface area (Å²) in [6.07, 6.45) is 0. The van der Waals surface area contributed by atoms with Crippen molar-refractivity contribution in [3.63, 3.8) is 0 Å². The Bertz CT molecular complexity index is 606. The van der Waals surface area contributed by atoms with Crippen LogP contribution in [0.15, 0.2) is 29.2 Å². The van der Waals surface area contributed by atoms with Gasteiger partial charge in [0.15, 0.2) is 5.76 Å². The Balaban J connectivity index is 2.19. The molecule has 1 aromatic carbocycles. The number of fused-ring (bicyclic) bond motifs is 1. The second-order valence-corrected chi connectivity index (χ2v) is 4.83. The SMILES string of the molecule is O=C1NC(=S)C(=C2OC(=O)c3ccccc32)S1. The number of esters is 1. The van der Waals surface area contributed by atoms with Crippen LogP contribution in [0.1, 0.15) is 15.9 Å². The van der Waals surface area contributed by atoms with Crippen molar-refractivity contribution in [1.82, 2.24) is 5.32 Å². The van der Waals surface area contributed by atoms with Crippen LogP contribution in [0, 0.1) is 0 Å². The quantitative estimate of drug-likeness (QED) is 0.442. The molecule has 1 N–H and O–H groups in total. The van der Waals surface area contributed by atoms with Gasteiger partial charge in [-0.05, 0) is 17.8 Å². The van der Waals surface area contributed by atoms with Crippen molar-refractivity contribution in [2.24, 2.45) is 0 Å². The first-order valence-electron chi connectivity index (χ1n) is 4.76. The number of hydrogen-bond donors (Lipinski definition) is 1. The molecule has 0 aliphatic carbocycles. The number of ether oxygens (including phenoxy) is 1. The summed E-state index contributed by atoms with van der Waals surface area (Å²) in [5.74, 6) is -0.0372. The molecule has 2 aliphatic heterocycles. The standard InChI is InChI=1S/C11H5NO3S2/c13-10-6-4-2-1-3-5(6)7(15-10)8-9(16)12-11(14)17-8/h1-4H,(H,12,14,16). The third-order valence-electron chi connectivity index (χ3n) is 2.41. The van der Waals surface area contributed by atoms with Gasteiger partial charge in [-0.2, -0.15) is 0 Å². The number of rotatable bonds is 0.